The van der Waals surface area contributed by atoms with Gasteiger partial charge in [0.05, 0.1) is 24.4 Å². The molecule has 0 radical (unpaired) electrons. The normalized spacial score (nSPS) is 10.6. The van der Waals surface area contributed by atoms with E-state index in [0.29, 0.717) is 41.3 Å². The highest BCUT2D eigenvalue weighted by Gasteiger charge is 2.21. The van der Waals surface area contributed by atoms with Crippen LogP contribution < -0.4 is 19.9 Å². The van der Waals surface area contributed by atoms with Crippen molar-refractivity contribution in [2.45, 2.75) is 12.8 Å². The van der Waals surface area contributed by atoms with E-state index in [2.05, 4.69) is 0 Å². The van der Waals surface area contributed by atoms with Crippen LogP contribution in [-0.4, -0.2) is 57.7 Å². The second-order valence-electron chi connectivity index (χ2n) is 6.47. The van der Waals surface area contributed by atoms with E-state index in [-0.39, 0.29) is 36.5 Å². The number of ether oxygens (including phenoxy) is 6. The number of halogens is 1. The minimum absolute atomic E-state index is 0.00665. The molecule has 2 rings (SSSR count). The zero-order chi connectivity index (χ0) is 23.7. The van der Waals surface area contributed by atoms with E-state index in [1.165, 1.54) is 21.3 Å². The Hall–Kier alpha value is -3.08. The molecule has 0 bridgehead atoms. The Kier molecular flexibility index (Phi) is 9.51. The summed E-state index contributed by atoms with van der Waals surface area (Å²) in [7, 11) is 4.44. The number of rotatable bonds is 12. The lowest BCUT2D eigenvalue weighted by atomic mass is 10.0. The summed E-state index contributed by atoms with van der Waals surface area (Å²) in [6, 6.07) is 3.66. The van der Waals surface area contributed by atoms with E-state index in [9.17, 15) is 15.0 Å². The molecule has 0 amide bonds. The van der Waals surface area contributed by atoms with Crippen LogP contribution in [0, 0.1) is 0 Å². The molecule has 0 saturated carbocycles. The maximum atomic E-state index is 12.3. The number of anilines is 1. The van der Waals surface area contributed by atoms with Gasteiger partial charge in [-0.2, -0.15) is 0 Å². The lowest BCUT2D eigenvalue weighted by molar-refractivity contribution is 0.0458. The van der Waals surface area contributed by atoms with E-state index < -0.39 is 11.7 Å². The fourth-order valence-electron chi connectivity index (χ4n) is 2.87. The van der Waals surface area contributed by atoms with Gasteiger partial charge in [-0.05, 0) is 18.9 Å². The number of esters is 1. The van der Waals surface area contributed by atoms with Gasteiger partial charge in [0.25, 0.3) is 0 Å². The van der Waals surface area contributed by atoms with Gasteiger partial charge in [-0.1, -0.05) is 11.6 Å². The summed E-state index contributed by atoms with van der Waals surface area (Å²) < 4.78 is 31.8. The summed E-state index contributed by atoms with van der Waals surface area (Å²) in [6.07, 6.45) is 0.720. The van der Waals surface area contributed by atoms with Crippen LogP contribution in [0.2, 0.25) is 5.02 Å². The van der Waals surface area contributed by atoms with Crippen molar-refractivity contribution >= 4 is 23.3 Å². The van der Waals surface area contributed by atoms with E-state index in [0.717, 1.165) is 12.1 Å². The molecule has 10 nitrogen and oxygen atoms in total. The number of carbonyl (C=O) groups is 1. The van der Waals surface area contributed by atoms with Crippen molar-refractivity contribution < 1.29 is 43.4 Å². The molecule has 0 fully saturated rings. The minimum atomic E-state index is -0.788. The fourth-order valence-corrected chi connectivity index (χ4v) is 3.04. The smallest absolute Gasteiger partial charge is 0.341 e. The number of nitrogen functional groups attached to an aromatic ring is 1. The molecule has 0 spiro atoms. The number of benzene rings is 2. The Morgan fingerprint density at radius 1 is 1.00 bits per heavy atom. The van der Waals surface area contributed by atoms with Gasteiger partial charge in [0.1, 0.15) is 17.1 Å². The molecule has 0 saturated heterocycles. The molecule has 0 aliphatic heterocycles. The van der Waals surface area contributed by atoms with Crippen LogP contribution >= 0.6 is 11.6 Å². The fraction of sp³-hybridized carbons (Fsp3) is 0.381. The average molecular weight is 472 g/mol. The Balaban J connectivity index is 2.15. The van der Waals surface area contributed by atoms with Crippen LogP contribution in [0.1, 0.15) is 22.3 Å². The SMILES string of the molecule is COCOc1cc(N)c(OCOC)c(CCCOC(=O)c2cc(Cl)c(O)cc2O)c1OC. The molecular weight excluding hydrogens is 446 g/mol. The third-order valence-corrected chi connectivity index (χ3v) is 4.57. The van der Waals surface area contributed by atoms with Crippen molar-refractivity contribution in [3.8, 4) is 28.7 Å². The van der Waals surface area contributed by atoms with Crippen molar-refractivity contribution in [3.05, 3.63) is 34.3 Å². The van der Waals surface area contributed by atoms with E-state index in [4.69, 9.17) is 45.8 Å². The zero-order valence-corrected chi connectivity index (χ0v) is 18.7. The molecule has 2 aromatic carbocycles. The molecule has 176 valence electrons. The molecule has 2 aromatic rings. The van der Waals surface area contributed by atoms with Gasteiger partial charge in [-0.3, -0.25) is 0 Å². The molecule has 0 aliphatic rings. The van der Waals surface area contributed by atoms with Gasteiger partial charge in [0, 0.05) is 31.9 Å². The van der Waals surface area contributed by atoms with Crippen LogP contribution in [0.15, 0.2) is 18.2 Å². The lowest BCUT2D eigenvalue weighted by Crippen LogP contribution is -2.11. The number of carbonyl (C=O) groups excluding carboxylic acids is 1. The predicted octanol–water partition coefficient (Wildman–Crippen LogP) is 3.10. The third-order valence-electron chi connectivity index (χ3n) is 4.27. The summed E-state index contributed by atoms with van der Waals surface area (Å²) in [5, 5.41) is 19.2. The lowest BCUT2D eigenvalue weighted by Gasteiger charge is -2.20. The zero-order valence-electron chi connectivity index (χ0n) is 18.0. The topological polar surface area (TPSA) is 139 Å². The maximum Gasteiger partial charge on any atom is 0.341 e. The van der Waals surface area contributed by atoms with Crippen LogP contribution in [0.3, 0.4) is 0 Å². The maximum absolute atomic E-state index is 12.3. The first kappa shape index (κ1) is 25.2. The molecule has 0 aromatic heterocycles. The highest BCUT2D eigenvalue weighted by Crippen LogP contribution is 2.43. The Labute approximate surface area is 190 Å². The van der Waals surface area contributed by atoms with Gasteiger partial charge >= 0.3 is 5.97 Å². The third kappa shape index (κ3) is 6.22. The van der Waals surface area contributed by atoms with E-state index in [1.807, 2.05) is 0 Å². The second-order valence-corrected chi connectivity index (χ2v) is 6.87. The van der Waals surface area contributed by atoms with Gasteiger partial charge in [0.2, 0.25) is 0 Å². The average Bonchev–Trinajstić information content (AvgIpc) is 2.76. The summed E-state index contributed by atoms with van der Waals surface area (Å²) in [5.74, 6) is -0.440. The first-order valence-corrected chi connectivity index (χ1v) is 9.83. The largest absolute Gasteiger partial charge is 0.507 e. The number of hydrogen-bond donors (Lipinski definition) is 3. The van der Waals surface area contributed by atoms with Gasteiger partial charge < -0.3 is 44.4 Å². The van der Waals surface area contributed by atoms with Crippen LogP contribution in [0.5, 0.6) is 28.7 Å². The number of phenols is 2. The second kappa shape index (κ2) is 12.1. The van der Waals surface area contributed by atoms with Crippen molar-refractivity contribution in [1.82, 2.24) is 0 Å². The molecule has 0 aliphatic carbocycles. The number of hydrogen-bond acceptors (Lipinski definition) is 10. The summed E-state index contributed by atoms with van der Waals surface area (Å²) >= 11 is 5.79. The first-order valence-electron chi connectivity index (χ1n) is 9.45. The molecular formula is C21H26ClNO9. The monoisotopic (exact) mass is 471 g/mol. The first-order chi connectivity index (χ1) is 15.3. The van der Waals surface area contributed by atoms with Crippen molar-refractivity contribution in [2.75, 3.05) is 47.3 Å². The molecule has 0 unspecified atom stereocenters. The van der Waals surface area contributed by atoms with Crippen molar-refractivity contribution in [1.29, 1.82) is 0 Å². The van der Waals surface area contributed by atoms with Crippen LogP contribution in [-0.2, 0) is 20.6 Å². The molecule has 0 atom stereocenters. The standard InChI is InChI=1S/C21H26ClNO9/c1-27-10-31-18-8-15(23)19(32-11-28-2)12(20(18)29-3)5-4-6-30-21(26)13-7-14(22)17(25)9-16(13)24/h7-9,24-25H,4-6,10-11,23H2,1-3H3. The number of aromatic hydroxyl groups is 2. The summed E-state index contributed by atoms with van der Waals surface area (Å²) in [4.78, 5) is 12.3. The van der Waals surface area contributed by atoms with Gasteiger partial charge in [-0.15, -0.1) is 0 Å². The van der Waals surface area contributed by atoms with E-state index in [1.54, 1.807) is 6.07 Å². The van der Waals surface area contributed by atoms with Crippen LogP contribution in [0.25, 0.3) is 0 Å². The van der Waals surface area contributed by atoms with Crippen molar-refractivity contribution in [3.63, 3.8) is 0 Å². The van der Waals surface area contributed by atoms with Gasteiger partial charge in [0.15, 0.2) is 30.8 Å². The van der Waals surface area contributed by atoms with E-state index >= 15 is 0 Å². The van der Waals surface area contributed by atoms with Gasteiger partial charge in [-0.25, -0.2) is 4.79 Å². The quantitative estimate of drug-likeness (QED) is 0.183. The minimum Gasteiger partial charge on any atom is -0.507 e. The molecule has 11 heteroatoms. The number of methoxy groups -OCH3 is 3. The predicted molar refractivity (Wildman–Crippen MR) is 116 cm³/mol. The Bertz CT molecular complexity index is 936. The Morgan fingerprint density at radius 2 is 1.69 bits per heavy atom. The van der Waals surface area contributed by atoms with Crippen LogP contribution in [0.4, 0.5) is 5.69 Å². The summed E-state index contributed by atoms with van der Waals surface area (Å²) in [6.45, 7) is -0.0367. The molecule has 32 heavy (non-hydrogen) atoms. The number of phenolic OH excluding ortho intramolecular Hbond substituents is 2. The van der Waals surface area contributed by atoms with Crippen molar-refractivity contribution in [2.24, 2.45) is 0 Å². The highest BCUT2D eigenvalue weighted by molar-refractivity contribution is 6.32. The highest BCUT2D eigenvalue weighted by atomic mass is 35.5. The summed E-state index contributed by atoms with van der Waals surface area (Å²) in [5.41, 5.74) is 6.88. The molecule has 0 heterocycles. The number of nitrogens with two attached hydrogens (primary N) is 1. The molecule has 4 N–H and O–H groups in total. The Morgan fingerprint density at radius 3 is 2.34 bits per heavy atom.